The van der Waals surface area contributed by atoms with Crippen LogP contribution in [-0.4, -0.2) is 0 Å². The van der Waals surface area contributed by atoms with Gasteiger partial charge in [-0.1, -0.05) is 25.1 Å². The molecule has 0 saturated heterocycles. The molecule has 11 heavy (non-hydrogen) atoms. The van der Waals surface area contributed by atoms with Crippen LogP contribution in [0.25, 0.3) is 0 Å². The van der Waals surface area contributed by atoms with Gasteiger partial charge in [-0.25, -0.2) is 0 Å². The summed E-state index contributed by atoms with van der Waals surface area (Å²) in [7, 11) is 0. The molecule has 0 unspecified atom stereocenters. The van der Waals surface area contributed by atoms with Crippen molar-refractivity contribution >= 4 is 5.69 Å². The third kappa shape index (κ3) is 1.45. The zero-order valence-electron chi connectivity index (χ0n) is 6.79. The molecule has 0 aliphatic heterocycles. The number of hydrogen-bond donors (Lipinski definition) is 0. The van der Waals surface area contributed by atoms with Gasteiger partial charge in [0.15, 0.2) is 0 Å². The quantitative estimate of drug-likeness (QED) is 0.594. The van der Waals surface area contributed by atoms with Crippen molar-refractivity contribution in [3.8, 4) is 0 Å². The minimum Gasteiger partial charge on any atom is -0.145 e. The first-order valence-corrected chi connectivity index (χ1v) is 3.71. The van der Waals surface area contributed by atoms with Crippen LogP contribution in [0.1, 0.15) is 18.1 Å². The highest BCUT2D eigenvalue weighted by molar-refractivity contribution is 5.52. The fourth-order valence-corrected chi connectivity index (χ4v) is 1.14. The molecule has 1 aromatic carbocycles. The van der Waals surface area contributed by atoms with E-state index >= 15 is 0 Å². The van der Waals surface area contributed by atoms with Gasteiger partial charge in [0.1, 0.15) is 5.69 Å². The summed E-state index contributed by atoms with van der Waals surface area (Å²) in [5, 5.41) is 2.99. The monoisotopic (exact) mass is 149 g/mol. The van der Waals surface area contributed by atoms with Gasteiger partial charge in [-0.05, 0) is 29.6 Å². The van der Waals surface area contributed by atoms with Crippen molar-refractivity contribution < 1.29 is 0 Å². The maximum atomic E-state index is 10.4. The van der Waals surface area contributed by atoms with E-state index in [2.05, 4.69) is 5.18 Å². The van der Waals surface area contributed by atoms with Crippen molar-refractivity contribution in [2.24, 2.45) is 5.18 Å². The average molecular weight is 149 g/mol. The smallest absolute Gasteiger partial charge is 0.114 e. The van der Waals surface area contributed by atoms with Gasteiger partial charge in [0.25, 0.3) is 0 Å². The van der Waals surface area contributed by atoms with E-state index in [9.17, 15) is 4.91 Å². The van der Waals surface area contributed by atoms with Crippen molar-refractivity contribution in [3.05, 3.63) is 34.2 Å². The minimum atomic E-state index is 0.606. The Morgan fingerprint density at radius 1 is 1.45 bits per heavy atom. The summed E-state index contributed by atoms with van der Waals surface area (Å²) in [6.07, 6.45) is 0.864. The topological polar surface area (TPSA) is 29.4 Å². The normalized spacial score (nSPS) is 9.64. The zero-order valence-corrected chi connectivity index (χ0v) is 6.79. The van der Waals surface area contributed by atoms with Crippen LogP contribution >= 0.6 is 0 Å². The molecule has 58 valence electrons. The lowest BCUT2D eigenvalue weighted by Gasteiger charge is -2.01. The Morgan fingerprint density at radius 2 is 2.18 bits per heavy atom. The lowest BCUT2D eigenvalue weighted by Crippen LogP contribution is -1.82. The molecule has 0 aromatic heterocycles. The lowest BCUT2D eigenvalue weighted by molar-refractivity contribution is 1.12. The van der Waals surface area contributed by atoms with E-state index in [1.165, 1.54) is 0 Å². The van der Waals surface area contributed by atoms with Crippen molar-refractivity contribution in [3.63, 3.8) is 0 Å². The van der Waals surface area contributed by atoms with Gasteiger partial charge in [-0.15, -0.1) is 4.91 Å². The van der Waals surface area contributed by atoms with E-state index in [1.54, 1.807) is 0 Å². The van der Waals surface area contributed by atoms with E-state index < -0.39 is 0 Å². The maximum absolute atomic E-state index is 10.4. The van der Waals surface area contributed by atoms with Gasteiger partial charge in [-0.3, -0.25) is 0 Å². The Labute approximate surface area is 66.2 Å². The van der Waals surface area contributed by atoms with Crippen LogP contribution in [0.4, 0.5) is 5.69 Å². The highest BCUT2D eigenvalue weighted by Crippen LogP contribution is 2.23. The molecule has 0 atom stereocenters. The molecule has 1 aromatic rings. The summed E-state index contributed by atoms with van der Waals surface area (Å²) in [6.45, 7) is 3.92. The van der Waals surface area contributed by atoms with Crippen LogP contribution in [0, 0.1) is 11.8 Å². The summed E-state index contributed by atoms with van der Waals surface area (Å²) in [5.74, 6) is 0. The molecule has 0 amide bonds. The van der Waals surface area contributed by atoms with Crippen LogP contribution < -0.4 is 0 Å². The molecule has 1 rings (SSSR count). The van der Waals surface area contributed by atoms with Crippen LogP contribution in [-0.2, 0) is 6.42 Å². The summed E-state index contributed by atoms with van der Waals surface area (Å²) >= 11 is 0. The minimum absolute atomic E-state index is 0.606. The van der Waals surface area contributed by atoms with Crippen molar-refractivity contribution in [2.45, 2.75) is 20.3 Å². The second kappa shape index (κ2) is 3.28. The highest BCUT2D eigenvalue weighted by atomic mass is 16.3. The number of nitroso groups, excluding NO2 is 1. The summed E-state index contributed by atoms with van der Waals surface area (Å²) < 4.78 is 0. The third-order valence-corrected chi connectivity index (χ3v) is 1.79. The number of hydrogen-bond acceptors (Lipinski definition) is 2. The predicted octanol–water partition coefficient (Wildman–Crippen LogP) is 2.96. The fraction of sp³-hybridized carbons (Fsp3) is 0.333. The Kier molecular flexibility index (Phi) is 2.36. The molecule has 0 fully saturated rings. The van der Waals surface area contributed by atoms with E-state index in [0.29, 0.717) is 5.69 Å². The largest absolute Gasteiger partial charge is 0.145 e. The second-order valence-corrected chi connectivity index (χ2v) is 2.53. The van der Waals surface area contributed by atoms with Crippen LogP contribution in [0.5, 0.6) is 0 Å². The van der Waals surface area contributed by atoms with Crippen LogP contribution in [0.3, 0.4) is 0 Å². The Bertz CT molecular complexity index is 268. The summed E-state index contributed by atoms with van der Waals surface area (Å²) in [6, 6.07) is 5.78. The maximum Gasteiger partial charge on any atom is 0.114 e. The first-order valence-electron chi connectivity index (χ1n) is 3.71. The number of benzene rings is 1. The first-order chi connectivity index (χ1) is 5.29. The molecule has 0 aliphatic carbocycles. The SMILES string of the molecule is CCc1cccc(C)c1N=O. The summed E-state index contributed by atoms with van der Waals surface area (Å²) in [5.41, 5.74) is 2.59. The summed E-state index contributed by atoms with van der Waals surface area (Å²) in [4.78, 5) is 10.4. The van der Waals surface area contributed by atoms with Gasteiger partial charge in [0.05, 0.1) is 0 Å². The molecule has 0 aliphatic rings. The standard InChI is InChI=1S/C9H11NO/c1-3-8-6-4-5-7(2)9(8)10-11/h4-6H,3H2,1-2H3. The predicted molar refractivity (Wildman–Crippen MR) is 46.0 cm³/mol. The van der Waals surface area contributed by atoms with Gasteiger partial charge < -0.3 is 0 Å². The van der Waals surface area contributed by atoms with E-state index in [4.69, 9.17) is 0 Å². The van der Waals surface area contributed by atoms with Gasteiger partial charge in [0.2, 0.25) is 0 Å². The van der Waals surface area contributed by atoms with E-state index in [1.807, 2.05) is 32.0 Å². The van der Waals surface area contributed by atoms with Crippen molar-refractivity contribution in [1.82, 2.24) is 0 Å². The molecule has 0 spiro atoms. The van der Waals surface area contributed by atoms with Crippen LogP contribution in [0.2, 0.25) is 0 Å². The van der Waals surface area contributed by atoms with Crippen molar-refractivity contribution in [1.29, 1.82) is 0 Å². The molecular formula is C9H11NO. The van der Waals surface area contributed by atoms with Gasteiger partial charge in [0, 0.05) is 0 Å². The average Bonchev–Trinajstić information content (AvgIpc) is 2.04. The molecular weight excluding hydrogens is 138 g/mol. The molecule has 0 saturated carbocycles. The van der Waals surface area contributed by atoms with Gasteiger partial charge in [-0.2, -0.15) is 0 Å². The zero-order chi connectivity index (χ0) is 8.27. The van der Waals surface area contributed by atoms with Crippen molar-refractivity contribution in [2.75, 3.05) is 0 Å². The van der Waals surface area contributed by atoms with E-state index in [0.717, 1.165) is 17.5 Å². The first kappa shape index (κ1) is 7.92. The molecule has 2 nitrogen and oxygen atoms in total. The highest BCUT2D eigenvalue weighted by Gasteiger charge is 2.02. The molecule has 0 N–H and O–H groups in total. The number of rotatable bonds is 2. The molecule has 0 radical (unpaired) electrons. The Hall–Kier alpha value is -1.18. The van der Waals surface area contributed by atoms with E-state index in [-0.39, 0.29) is 0 Å². The molecule has 2 heteroatoms. The lowest BCUT2D eigenvalue weighted by atomic mass is 10.1. The Balaban J connectivity index is 3.24. The number of nitrogens with zero attached hydrogens (tertiary/aromatic N) is 1. The second-order valence-electron chi connectivity index (χ2n) is 2.53. The molecule has 0 bridgehead atoms. The Morgan fingerprint density at radius 3 is 2.64 bits per heavy atom. The number of aryl methyl sites for hydroxylation is 2. The van der Waals surface area contributed by atoms with Gasteiger partial charge >= 0.3 is 0 Å². The molecule has 0 heterocycles. The van der Waals surface area contributed by atoms with Crippen LogP contribution in [0.15, 0.2) is 23.4 Å². The third-order valence-electron chi connectivity index (χ3n) is 1.79. The fourth-order valence-electron chi connectivity index (χ4n) is 1.14.